The first kappa shape index (κ1) is 11.8. The quantitative estimate of drug-likeness (QED) is 0.766. The van der Waals surface area contributed by atoms with Crippen LogP contribution in [0.5, 0.6) is 11.5 Å². The molecule has 0 amide bonds. The smallest absolute Gasteiger partial charge is 0.161 e. The third-order valence-electron chi connectivity index (χ3n) is 4.02. The second-order valence-corrected chi connectivity index (χ2v) is 6.31. The lowest BCUT2D eigenvalue weighted by Crippen LogP contribution is -2.14. The highest BCUT2D eigenvalue weighted by Crippen LogP contribution is 2.48. The van der Waals surface area contributed by atoms with Gasteiger partial charge in [0, 0.05) is 12.0 Å². The van der Waals surface area contributed by atoms with Gasteiger partial charge in [-0.2, -0.15) is 0 Å². The van der Waals surface area contributed by atoms with E-state index in [9.17, 15) is 0 Å². The van der Waals surface area contributed by atoms with Crippen LogP contribution in [0.1, 0.15) is 44.4 Å². The topological polar surface area (TPSA) is 44.5 Å². The lowest BCUT2D eigenvalue weighted by Gasteiger charge is -2.20. The fraction of sp³-hybridized carbons (Fsp3) is 0.600. The van der Waals surface area contributed by atoms with Gasteiger partial charge in [0.2, 0.25) is 0 Å². The van der Waals surface area contributed by atoms with E-state index in [1.54, 1.807) is 0 Å². The largest absolute Gasteiger partial charge is 0.489 e. The molecule has 1 unspecified atom stereocenters. The van der Waals surface area contributed by atoms with Gasteiger partial charge < -0.3 is 15.2 Å². The van der Waals surface area contributed by atoms with Crippen molar-refractivity contribution in [3.8, 4) is 11.5 Å². The van der Waals surface area contributed by atoms with E-state index in [0.29, 0.717) is 12.5 Å². The summed E-state index contributed by atoms with van der Waals surface area (Å²) in [6.45, 7) is 8.05. The predicted octanol–water partition coefficient (Wildman–Crippen LogP) is 2.78. The van der Waals surface area contributed by atoms with Crippen LogP contribution in [0.15, 0.2) is 12.1 Å². The molecule has 3 nitrogen and oxygen atoms in total. The lowest BCUT2D eigenvalue weighted by atomic mass is 9.86. The van der Waals surface area contributed by atoms with Gasteiger partial charge in [0.25, 0.3) is 0 Å². The Morgan fingerprint density at radius 1 is 1.17 bits per heavy atom. The van der Waals surface area contributed by atoms with E-state index >= 15 is 0 Å². The highest BCUT2D eigenvalue weighted by atomic mass is 16.5. The van der Waals surface area contributed by atoms with E-state index in [2.05, 4.69) is 32.9 Å². The van der Waals surface area contributed by atoms with Crippen molar-refractivity contribution in [1.82, 2.24) is 0 Å². The molecule has 1 aromatic carbocycles. The Morgan fingerprint density at radius 3 is 2.44 bits per heavy atom. The van der Waals surface area contributed by atoms with Crippen molar-refractivity contribution in [3.05, 3.63) is 23.3 Å². The minimum atomic E-state index is 0.115. The van der Waals surface area contributed by atoms with Crippen LogP contribution in [0.25, 0.3) is 0 Å². The zero-order valence-corrected chi connectivity index (χ0v) is 11.3. The van der Waals surface area contributed by atoms with Gasteiger partial charge in [0.05, 0.1) is 13.2 Å². The number of nitrogens with two attached hydrogens (primary N) is 1. The van der Waals surface area contributed by atoms with Gasteiger partial charge in [-0.1, -0.05) is 20.8 Å². The van der Waals surface area contributed by atoms with Gasteiger partial charge in [-0.25, -0.2) is 0 Å². The van der Waals surface area contributed by atoms with Gasteiger partial charge in [-0.15, -0.1) is 0 Å². The van der Waals surface area contributed by atoms with E-state index in [1.165, 1.54) is 11.1 Å². The number of rotatable bonds is 0. The van der Waals surface area contributed by atoms with Gasteiger partial charge in [-0.3, -0.25) is 0 Å². The third kappa shape index (κ3) is 1.77. The van der Waals surface area contributed by atoms with Crippen molar-refractivity contribution >= 4 is 0 Å². The van der Waals surface area contributed by atoms with Gasteiger partial charge in [-0.05, 0) is 35.1 Å². The molecule has 0 radical (unpaired) electrons. The molecule has 0 aromatic heterocycles. The molecule has 1 aliphatic heterocycles. The molecule has 0 bridgehead atoms. The van der Waals surface area contributed by atoms with Gasteiger partial charge >= 0.3 is 0 Å². The van der Waals surface area contributed by atoms with Gasteiger partial charge in [0.15, 0.2) is 11.5 Å². The zero-order valence-electron chi connectivity index (χ0n) is 11.3. The molecular weight excluding hydrogens is 226 g/mol. The predicted molar refractivity (Wildman–Crippen MR) is 71.2 cm³/mol. The minimum absolute atomic E-state index is 0.115. The van der Waals surface area contributed by atoms with Crippen LogP contribution in [-0.4, -0.2) is 13.2 Å². The Hall–Kier alpha value is -1.22. The monoisotopic (exact) mass is 247 g/mol. The summed E-state index contributed by atoms with van der Waals surface area (Å²) in [6, 6.07) is 4.34. The number of benzene rings is 1. The molecule has 1 aliphatic carbocycles. The summed E-state index contributed by atoms with van der Waals surface area (Å²) >= 11 is 0. The Balaban J connectivity index is 2.07. The van der Waals surface area contributed by atoms with Crippen LogP contribution in [0, 0.1) is 5.92 Å². The van der Waals surface area contributed by atoms with E-state index in [0.717, 1.165) is 24.5 Å². The zero-order chi connectivity index (χ0) is 12.9. The summed E-state index contributed by atoms with van der Waals surface area (Å²) < 4.78 is 11.7. The fourth-order valence-electron chi connectivity index (χ4n) is 2.98. The Kier molecular flexibility index (Phi) is 2.56. The fourth-order valence-corrected chi connectivity index (χ4v) is 2.98. The third-order valence-corrected chi connectivity index (χ3v) is 4.02. The summed E-state index contributed by atoms with van der Waals surface area (Å²) in [5.74, 6) is 2.15. The normalized spacial score (nSPS) is 28.7. The van der Waals surface area contributed by atoms with Crippen molar-refractivity contribution < 1.29 is 9.47 Å². The van der Waals surface area contributed by atoms with Crippen LogP contribution in [-0.2, 0) is 5.41 Å². The number of hydrogen-bond donors (Lipinski definition) is 1. The van der Waals surface area contributed by atoms with Crippen molar-refractivity contribution in [3.63, 3.8) is 0 Å². The highest BCUT2D eigenvalue weighted by molar-refractivity contribution is 5.53. The molecule has 3 heteroatoms. The lowest BCUT2D eigenvalue weighted by molar-refractivity contribution is 0.228. The maximum atomic E-state index is 6.23. The van der Waals surface area contributed by atoms with E-state index < -0.39 is 0 Å². The van der Waals surface area contributed by atoms with E-state index in [-0.39, 0.29) is 11.5 Å². The van der Waals surface area contributed by atoms with Crippen LogP contribution >= 0.6 is 0 Å². The summed E-state index contributed by atoms with van der Waals surface area (Å²) in [7, 11) is 0. The first-order valence-corrected chi connectivity index (χ1v) is 6.67. The average molecular weight is 247 g/mol. The average Bonchev–Trinajstić information content (AvgIpc) is 2.47. The molecule has 0 fully saturated rings. The van der Waals surface area contributed by atoms with Crippen LogP contribution in [0.3, 0.4) is 0 Å². The van der Waals surface area contributed by atoms with Crippen molar-refractivity contribution in [2.45, 2.75) is 38.6 Å². The van der Waals surface area contributed by atoms with E-state index in [1.807, 2.05) is 0 Å². The Bertz CT molecular complexity index is 482. The van der Waals surface area contributed by atoms with Crippen molar-refractivity contribution in [1.29, 1.82) is 0 Å². The molecule has 0 spiro atoms. The number of fused-ring (bicyclic) bond motifs is 2. The molecule has 1 heterocycles. The maximum absolute atomic E-state index is 6.23. The second-order valence-electron chi connectivity index (χ2n) is 6.31. The highest BCUT2D eigenvalue weighted by Gasteiger charge is 2.36. The summed E-state index contributed by atoms with van der Waals surface area (Å²) in [6.07, 6.45) is 0.988. The summed E-state index contributed by atoms with van der Waals surface area (Å²) in [5.41, 5.74) is 8.89. The molecule has 1 aromatic rings. The minimum Gasteiger partial charge on any atom is -0.489 e. The molecule has 0 saturated carbocycles. The number of ether oxygens (including phenoxy) is 2. The SMILES string of the molecule is CC1COc2cc3c(cc2OC1)C(C)(C)C[C@H]3N. The first-order valence-electron chi connectivity index (χ1n) is 6.67. The first-order chi connectivity index (χ1) is 8.47. The van der Waals surface area contributed by atoms with Gasteiger partial charge in [0.1, 0.15) is 0 Å². The molecule has 2 N–H and O–H groups in total. The molecule has 2 aliphatic rings. The Morgan fingerprint density at radius 2 is 1.78 bits per heavy atom. The molecular formula is C15H21NO2. The Labute approximate surface area is 108 Å². The van der Waals surface area contributed by atoms with Crippen molar-refractivity contribution in [2.24, 2.45) is 11.7 Å². The van der Waals surface area contributed by atoms with Crippen LogP contribution in [0.4, 0.5) is 0 Å². The standard InChI is InChI=1S/C15H21NO2/c1-9-7-17-13-4-10-11(5-14(13)18-8-9)15(2,3)6-12(10)16/h4-5,9,12H,6-8,16H2,1-3H3/t9?,12-/m1/s1. The molecule has 18 heavy (non-hydrogen) atoms. The van der Waals surface area contributed by atoms with Crippen molar-refractivity contribution in [2.75, 3.05) is 13.2 Å². The second kappa shape index (κ2) is 3.89. The number of hydrogen-bond acceptors (Lipinski definition) is 3. The molecule has 2 atom stereocenters. The summed E-state index contributed by atoms with van der Waals surface area (Å²) in [5, 5.41) is 0. The molecule has 3 rings (SSSR count). The van der Waals surface area contributed by atoms with E-state index in [4.69, 9.17) is 15.2 Å². The molecule has 0 saturated heterocycles. The summed E-state index contributed by atoms with van der Waals surface area (Å²) in [4.78, 5) is 0. The maximum Gasteiger partial charge on any atom is 0.161 e. The molecule has 98 valence electrons. The van der Waals surface area contributed by atoms with Crippen LogP contribution in [0.2, 0.25) is 0 Å². The van der Waals surface area contributed by atoms with Crippen LogP contribution < -0.4 is 15.2 Å².